The fourth-order valence-corrected chi connectivity index (χ4v) is 4.25. The standard InChI is InChI=1S/C16H24F3N5O2S.HI/c1-2-20-15(24-13-6-9-27(25,26)11-13)22-8-3-7-21-14-5-4-12(10-23-14)16(17,18)19;/h4-5,10,13H,2-3,6-9,11H2,1H3,(H,21,23)(H2,20,22,24);1H. The zero-order chi connectivity index (χ0) is 19.9. The van der Waals surface area contributed by atoms with Gasteiger partial charge in [0.1, 0.15) is 5.82 Å². The number of anilines is 1. The molecule has 2 heterocycles. The van der Waals surface area contributed by atoms with Crippen LogP contribution in [0.1, 0.15) is 25.3 Å². The van der Waals surface area contributed by atoms with Crippen LogP contribution in [0, 0.1) is 0 Å². The molecule has 1 aliphatic rings. The summed E-state index contributed by atoms with van der Waals surface area (Å²) in [5.74, 6) is 1.23. The van der Waals surface area contributed by atoms with Crippen molar-refractivity contribution in [2.45, 2.75) is 32.0 Å². The Morgan fingerprint density at radius 2 is 2.11 bits per heavy atom. The van der Waals surface area contributed by atoms with Crippen LogP contribution >= 0.6 is 24.0 Å². The van der Waals surface area contributed by atoms with E-state index in [1.807, 2.05) is 6.92 Å². The molecule has 1 atom stereocenters. The van der Waals surface area contributed by atoms with E-state index in [1.165, 1.54) is 6.07 Å². The smallest absolute Gasteiger partial charge is 0.370 e. The largest absolute Gasteiger partial charge is 0.417 e. The first-order valence-electron chi connectivity index (χ1n) is 8.72. The molecule has 0 aliphatic carbocycles. The van der Waals surface area contributed by atoms with Gasteiger partial charge in [0.25, 0.3) is 0 Å². The second-order valence-corrected chi connectivity index (χ2v) is 8.44. The van der Waals surface area contributed by atoms with Crippen LogP contribution in [-0.4, -0.2) is 56.5 Å². The van der Waals surface area contributed by atoms with Crippen LogP contribution in [-0.2, 0) is 16.0 Å². The van der Waals surface area contributed by atoms with Crippen molar-refractivity contribution in [1.82, 2.24) is 15.6 Å². The van der Waals surface area contributed by atoms with Crippen LogP contribution in [0.3, 0.4) is 0 Å². The van der Waals surface area contributed by atoms with Crippen molar-refractivity contribution in [3.05, 3.63) is 23.9 Å². The summed E-state index contributed by atoms with van der Waals surface area (Å²) in [6.45, 7) is 3.54. The summed E-state index contributed by atoms with van der Waals surface area (Å²) in [5.41, 5.74) is -0.784. The zero-order valence-corrected chi connectivity index (χ0v) is 18.6. The molecular weight excluding hydrogens is 510 g/mol. The van der Waals surface area contributed by atoms with Gasteiger partial charge in [-0.1, -0.05) is 0 Å². The van der Waals surface area contributed by atoms with Gasteiger partial charge < -0.3 is 16.0 Å². The number of halogens is 4. The Morgan fingerprint density at radius 1 is 1.36 bits per heavy atom. The Bertz CT molecular complexity index is 742. The highest BCUT2D eigenvalue weighted by Crippen LogP contribution is 2.28. The molecule has 1 unspecified atom stereocenters. The molecule has 28 heavy (non-hydrogen) atoms. The first kappa shape index (κ1) is 24.7. The third-order valence-corrected chi connectivity index (χ3v) is 5.69. The van der Waals surface area contributed by atoms with E-state index in [-0.39, 0.29) is 41.5 Å². The summed E-state index contributed by atoms with van der Waals surface area (Å²) in [6, 6.07) is 2.14. The van der Waals surface area contributed by atoms with Crippen molar-refractivity contribution in [2.75, 3.05) is 36.5 Å². The summed E-state index contributed by atoms with van der Waals surface area (Å²) in [7, 11) is -2.96. The molecule has 2 rings (SSSR count). The normalized spacial score (nSPS) is 19.0. The van der Waals surface area contributed by atoms with Crippen LogP contribution in [0.2, 0.25) is 0 Å². The molecule has 12 heteroatoms. The van der Waals surface area contributed by atoms with Crippen LogP contribution in [0.5, 0.6) is 0 Å². The Kier molecular flexibility index (Phi) is 9.74. The van der Waals surface area contributed by atoms with E-state index in [1.54, 1.807) is 0 Å². The molecule has 7 nitrogen and oxygen atoms in total. The van der Waals surface area contributed by atoms with Gasteiger partial charge in [-0.05, 0) is 31.9 Å². The average molecular weight is 535 g/mol. The summed E-state index contributed by atoms with van der Waals surface area (Å²) in [4.78, 5) is 8.13. The summed E-state index contributed by atoms with van der Waals surface area (Å²) in [5, 5.41) is 9.14. The molecule has 1 fully saturated rings. The first-order chi connectivity index (χ1) is 12.7. The lowest BCUT2D eigenvalue weighted by Crippen LogP contribution is -2.44. The Balaban J connectivity index is 0.00000392. The van der Waals surface area contributed by atoms with E-state index in [4.69, 9.17) is 0 Å². The summed E-state index contributed by atoms with van der Waals surface area (Å²) < 4.78 is 60.5. The lowest BCUT2D eigenvalue weighted by molar-refractivity contribution is -0.137. The number of pyridine rings is 1. The van der Waals surface area contributed by atoms with Gasteiger partial charge in [0.05, 0.1) is 17.1 Å². The number of hydrogen-bond acceptors (Lipinski definition) is 5. The van der Waals surface area contributed by atoms with Gasteiger partial charge in [-0.25, -0.2) is 13.4 Å². The molecule has 1 aromatic heterocycles. The lowest BCUT2D eigenvalue weighted by atomic mass is 10.3. The second kappa shape index (κ2) is 11.0. The predicted octanol–water partition coefficient (Wildman–Crippen LogP) is 2.26. The number of hydrogen-bond donors (Lipinski definition) is 3. The van der Waals surface area contributed by atoms with E-state index in [0.29, 0.717) is 44.3 Å². The highest BCUT2D eigenvalue weighted by molar-refractivity contribution is 14.0. The molecule has 1 aromatic rings. The zero-order valence-electron chi connectivity index (χ0n) is 15.4. The minimum atomic E-state index is -4.39. The highest BCUT2D eigenvalue weighted by atomic mass is 127. The van der Waals surface area contributed by atoms with E-state index in [9.17, 15) is 21.6 Å². The number of sulfone groups is 1. The number of rotatable bonds is 7. The van der Waals surface area contributed by atoms with Crippen LogP contribution in [0.15, 0.2) is 23.3 Å². The Labute approximate surface area is 179 Å². The average Bonchev–Trinajstić information content (AvgIpc) is 2.93. The van der Waals surface area contributed by atoms with Gasteiger partial charge in [0, 0.05) is 31.9 Å². The maximum absolute atomic E-state index is 12.5. The number of nitrogens with one attached hydrogen (secondary N) is 3. The molecular formula is C16H25F3IN5O2S. The third-order valence-electron chi connectivity index (χ3n) is 3.92. The van der Waals surface area contributed by atoms with Crippen molar-refractivity contribution in [2.24, 2.45) is 4.99 Å². The van der Waals surface area contributed by atoms with Gasteiger partial charge in [-0.2, -0.15) is 13.2 Å². The number of guanidine groups is 1. The maximum Gasteiger partial charge on any atom is 0.417 e. The van der Waals surface area contributed by atoms with E-state index in [2.05, 4.69) is 25.9 Å². The Hall–Kier alpha value is -1.31. The predicted molar refractivity (Wildman–Crippen MR) is 114 cm³/mol. The topological polar surface area (TPSA) is 95.5 Å². The second-order valence-electron chi connectivity index (χ2n) is 6.22. The molecule has 1 aliphatic heterocycles. The number of aliphatic imine (C=N–C) groups is 1. The number of alkyl halides is 3. The number of nitrogens with zero attached hydrogens (tertiary/aromatic N) is 2. The molecule has 0 spiro atoms. The quantitative estimate of drug-likeness (QED) is 0.215. The fourth-order valence-electron chi connectivity index (χ4n) is 2.57. The lowest BCUT2D eigenvalue weighted by Gasteiger charge is -2.15. The highest BCUT2D eigenvalue weighted by Gasteiger charge is 2.30. The van der Waals surface area contributed by atoms with Crippen molar-refractivity contribution < 1.29 is 21.6 Å². The molecule has 0 saturated carbocycles. The summed E-state index contributed by atoms with van der Waals surface area (Å²) >= 11 is 0. The van der Waals surface area contributed by atoms with Gasteiger partial charge in [-0.15, -0.1) is 24.0 Å². The van der Waals surface area contributed by atoms with Crippen molar-refractivity contribution in [3.63, 3.8) is 0 Å². The van der Waals surface area contributed by atoms with Gasteiger partial charge in [-0.3, -0.25) is 4.99 Å². The monoisotopic (exact) mass is 535 g/mol. The van der Waals surface area contributed by atoms with E-state index >= 15 is 0 Å². The molecule has 0 radical (unpaired) electrons. The van der Waals surface area contributed by atoms with Crippen LogP contribution in [0.25, 0.3) is 0 Å². The van der Waals surface area contributed by atoms with Crippen LogP contribution in [0.4, 0.5) is 19.0 Å². The molecule has 0 bridgehead atoms. The molecule has 1 saturated heterocycles. The Morgan fingerprint density at radius 3 is 2.64 bits per heavy atom. The molecule has 3 N–H and O–H groups in total. The van der Waals surface area contributed by atoms with Crippen molar-refractivity contribution in [3.8, 4) is 0 Å². The van der Waals surface area contributed by atoms with Gasteiger partial charge in [0.2, 0.25) is 0 Å². The van der Waals surface area contributed by atoms with Gasteiger partial charge in [0.15, 0.2) is 15.8 Å². The molecule has 160 valence electrons. The first-order valence-corrected chi connectivity index (χ1v) is 10.5. The number of aromatic nitrogens is 1. The molecule has 0 aromatic carbocycles. The maximum atomic E-state index is 12.5. The van der Waals surface area contributed by atoms with Gasteiger partial charge >= 0.3 is 6.18 Å². The van der Waals surface area contributed by atoms with E-state index in [0.717, 1.165) is 12.3 Å². The van der Waals surface area contributed by atoms with Crippen LogP contribution < -0.4 is 16.0 Å². The fraction of sp³-hybridized carbons (Fsp3) is 0.625. The summed E-state index contributed by atoms with van der Waals surface area (Å²) in [6.07, 6.45) is -2.39. The third kappa shape index (κ3) is 8.37. The minimum absolute atomic E-state index is 0. The SMILES string of the molecule is CCNC(=NCCCNc1ccc(C(F)(F)F)cn1)NC1CCS(=O)(=O)C1.I. The van der Waals surface area contributed by atoms with Crippen molar-refractivity contribution >= 4 is 45.6 Å². The van der Waals surface area contributed by atoms with E-state index < -0.39 is 21.6 Å². The van der Waals surface area contributed by atoms with Crippen molar-refractivity contribution in [1.29, 1.82) is 0 Å². The minimum Gasteiger partial charge on any atom is -0.370 e. The molecule has 0 amide bonds.